The molecule has 5 nitrogen and oxygen atoms in total. The van der Waals surface area contributed by atoms with Crippen LogP contribution in [0.5, 0.6) is 0 Å². The summed E-state index contributed by atoms with van der Waals surface area (Å²) in [6.07, 6.45) is 0.520. The third-order valence-electron chi connectivity index (χ3n) is 4.24. The number of fused-ring (bicyclic) bond motifs is 1. The lowest BCUT2D eigenvalue weighted by Gasteiger charge is -2.27. The van der Waals surface area contributed by atoms with Gasteiger partial charge >= 0.3 is 0 Å². The molecule has 5 heteroatoms. The van der Waals surface area contributed by atoms with Gasteiger partial charge in [0.15, 0.2) is 0 Å². The first-order valence-corrected chi connectivity index (χ1v) is 7.62. The van der Waals surface area contributed by atoms with Gasteiger partial charge in [-0.2, -0.15) is 0 Å². The van der Waals surface area contributed by atoms with Crippen molar-refractivity contribution < 1.29 is 9.53 Å². The van der Waals surface area contributed by atoms with Gasteiger partial charge in [-0.05, 0) is 11.6 Å². The second-order valence-corrected chi connectivity index (χ2v) is 5.80. The summed E-state index contributed by atoms with van der Waals surface area (Å²) < 4.78 is 5.43. The smallest absolute Gasteiger partial charge is 0.224 e. The van der Waals surface area contributed by atoms with E-state index in [1.165, 1.54) is 11.3 Å². The average molecular weight is 289 g/mol. The van der Waals surface area contributed by atoms with E-state index in [0.29, 0.717) is 19.6 Å². The Labute approximate surface area is 125 Å². The molecule has 1 amide bonds. The summed E-state index contributed by atoms with van der Waals surface area (Å²) in [5.74, 6) is 0.211. The van der Waals surface area contributed by atoms with Crippen LogP contribution in [0.2, 0.25) is 0 Å². The number of hydrogen-bond acceptors (Lipinski definition) is 4. The molecule has 1 saturated heterocycles. The number of amides is 1. The molecule has 1 N–H and O–H groups in total. The highest BCUT2D eigenvalue weighted by molar-refractivity contribution is 5.77. The second kappa shape index (κ2) is 6.45. The van der Waals surface area contributed by atoms with Gasteiger partial charge in [0.05, 0.1) is 13.2 Å². The van der Waals surface area contributed by atoms with Crippen LogP contribution < -0.4 is 10.2 Å². The number of likely N-dealkylation sites (N-methyl/N-ethyl adjacent to an activating group) is 1. The lowest BCUT2D eigenvalue weighted by atomic mass is 10.1. The van der Waals surface area contributed by atoms with Crippen LogP contribution in [0.4, 0.5) is 5.69 Å². The zero-order chi connectivity index (χ0) is 14.7. The lowest BCUT2D eigenvalue weighted by molar-refractivity contribution is -0.132. The first-order valence-electron chi connectivity index (χ1n) is 7.62. The predicted octanol–water partition coefficient (Wildman–Crippen LogP) is 0.844. The van der Waals surface area contributed by atoms with Gasteiger partial charge in [0, 0.05) is 51.4 Å². The molecule has 1 fully saturated rings. The van der Waals surface area contributed by atoms with Crippen LogP contribution in [0.1, 0.15) is 12.0 Å². The van der Waals surface area contributed by atoms with Gasteiger partial charge in [-0.1, -0.05) is 18.2 Å². The Kier molecular flexibility index (Phi) is 4.41. The summed E-state index contributed by atoms with van der Waals surface area (Å²) >= 11 is 0. The van der Waals surface area contributed by atoms with E-state index < -0.39 is 0 Å². The molecule has 0 spiro atoms. The molecule has 3 rings (SSSR count). The van der Waals surface area contributed by atoms with Crippen LogP contribution in [-0.4, -0.2) is 56.7 Å². The number of anilines is 1. The van der Waals surface area contributed by atoms with Crippen molar-refractivity contribution in [3.05, 3.63) is 29.8 Å². The average Bonchev–Trinajstić information content (AvgIpc) is 2.68. The highest BCUT2D eigenvalue weighted by Gasteiger charge is 2.24. The zero-order valence-corrected chi connectivity index (χ0v) is 12.5. The fraction of sp³-hybridized carbons (Fsp3) is 0.562. The standard InChI is InChI=1S/C16H23N3O2/c1-18-7-8-19(11-13-4-2-3-5-15(13)18)16(20)10-14-12-21-9-6-17-14/h2-5,14,17H,6-12H2,1H3. The number of nitrogens with zero attached hydrogens (tertiary/aromatic N) is 2. The summed E-state index contributed by atoms with van der Waals surface area (Å²) in [6.45, 7) is 4.56. The van der Waals surface area contributed by atoms with Crippen LogP contribution in [0.15, 0.2) is 24.3 Å². The Bertz CT molecular complexity index is 500. The number of morpholine rings is 1. The van der Waals surface area contributed by atoms with Crippen LogP contribution >= 0.6 is 0 Å². The number of carbonyl (C=O) groups excluding carboxylic acids is 1. The van der Waals surface area contributed by atoms with Gasteiger partial charge in [-0.3, -0.25) is 4.79 Å². The lowest BCUT2D eigenvalue weighted by Crippen LogP contribution is -2.45. The Morgan fingerprint density at radius 3 is 3.05 bits per heavy atom. The zero-order valence-electron chi connectivity index (χ0n) is 12.5. The summed E-state index contributed by atoms with van der Waals surface area (Å²) in [6, 6.07) is 8.48. The van der Waals surface area contributed by atoms with E-state index in [2.05, 4.69) is 35.5 Å². The van der Waals surface area contributed by atoms with Crippen molar-refractivity contribution in [2.24, 2.45) is 0 Å². The molecule has 1 aromatic rings. The maximum absolute atomic E-state index is 12.5. The summed E-state index contributed by atoms with van der Waals surface area (Å²) in [5, 5.41) is 3.35. The summed E-state index contributed by atoms with van der Waals surface area (Å²) in [7, 11) is 2.09. The Morgan fingerprint density at radius 2 is 2.24 bits per heavy atom. The largest absolute Gasteiger partial charge is 0.378 e. The molecular weight excluding hydrogens is 266 g/mol. The SMILES string of the molecule is CN1CCN(C(=O)CC2COCCN2)Cc2ccccc21. The van der Waals surface area contributed by atoms with E-state index in [1.54, 1.807) is 0 Å². The molecule has 0 aromatic heterocycles. The maximum Gasteiger partial charge on any atom is 0.224 e. The van der Waals surface area contributed by atoms with Crippen molar-refractivity contribution in [2.75, 3.05) is 44.8 Å². The van der Waals surface area contributed by atoms with E-state index in [9.17, 15) is 4.79 Å². The van der Waals surface area contributed by atoms with Gasteiger partial charge in [0.1, 0.15) is 0 Å². The first kappa shape index (κ1) is 14.4. The van der Waals surface area contributed by atoms with E-state index in [-0.39, 0.29) is 11.9 Å². The number of para-hydroxylation sites is 1. The van der Waals surface area contributed by atoms with E-state index >= 15 is 0 Å². The van der Waals surface area contributed by atoms with E-state index in [4.69, 9.17) is 4.74 Å². The molecule has 0 aliphatic carbocycles. The van der Waals surface area contributed by atoms with Crippen LogP contribution in [0.3, 0.4) is 0 Å². The predicted molar refractivity (Wildman–Crippen MR) is 82.4 cm³/mol. The molecule has 2 aliphatic rings. The van der Waals surface area contributed by atoms with Crippen molar-refractivity contribution in [1.29, 1.82) is 0 Å². The Hall–Kier alpha value is -1.59. The number of rotatable bonds is 2. The Balaban J connectivity index is 1.67. The van der Waals surface area contributed by atoms with Crippen LogP contribution in [0, 0.1) is 0 Å². The normalized spacial score (nSPS) is 22.6. The topological polar surface area (TPSA) is 44.8 Å². The van der Waals surface area contributed by atoms with Gasteiger partial charge in [-0.25, -0.2) is 0 Å². The van der Waals surface area contributed by atoms with E-state index in [1.807, 2.05) is 11.0 Å². The molecule has 2 heterocycles. The van der Waals surface area contributed by atoms with Gasteiger partial charge < -0.3 is 19.9 Å². The minimum absolute atomic E-state index is 0.155. The number of benzene rings is 1. The molecule has 0 radical (unpaired) electrons. The van der Waals surface area contributed by atoms with Crippen molar-refractivity contribution in [2.45, 2.75) is 19.0 Å². The number of nitrogens with one attached hydrogen (secondary N) is 1. The summed E-state index contributed by atoms with van der Waals surface area (Å²) in [5.41, 5.74) is 2.45. The minimum atomic E-state index is 0.155. The maximum atomic E-state index is 12.5. The van der Waals surface area contributed by atoms with Gasteiger partial charge in [-0.15, -0.1) is 0 Å². The van der Waals surface area contributed by atoms with Crippen molar-refractivity contribution in [1.82, 2.24) is 10.2 Å². The number of ether oxygens (including phenoxy) is 1. The molecule has 1 unspecified atom stereocenters. The monoisotopic (exact) mass is 289 g/mol. The van der Waals surface area contributed by atoms with Crippen LogP contribution in [-0.2, 0) is 16.1 Å². The molecular formula is C16H23N3O2. The number of carbonyl (C=O) groups is 1. The van der Waals surface area contributed by atoms with Gasteiger partial charge in [0.25, 0.3) is 0 Å². The second-order valence-electron chi connectivity index (χ2n) is 5.80. The fourth-order valence-corrected chi connectivity index (χ4v) is 3.00. The summed E-state index contributed by atoms with van der Waals surface area (Å²) in [4.78, 5) is 16.7. The van der Waals surface area contributed by atoms with E-state index in [0.717, 1.165) is 26.2 Å². The minimum Gasteiger partial charge on any atom is -0.378 e. The van der Waals surface area contributed by atoms with Gasteiger partial charge in [0.2, 0.25) is 5.91 Å². The highest BCUT2D eigenvalue weighted by Crippen LogP contribution is 2.24. The molecule has 1 atom stereocenters. The quantitative estimate of drug-likeness (QED) is 0.876. The third kappa shape index (κ3) is 3.36. The molecule has 114 valence electrons. The molecule has 21 heavy (non-hydrogen) atoms. The number of hydrogen-bond donors (Lipinski definition) is 1. The highest BCUT2D eigenvalue weighted by atomic mass is 16.5. The van der Waals surface area contributed by atoms with Crippen LogP contribution in [0.25, 0.3) is 0 Å². The van der Waals surface area contributed by atoms with Crippen molar-refractivity contribution in [3.63, 3.8) is 0 Å². The fourth-order valence-electron chi connectivity index (χ4n) is 3.00. The van der Waals surface area contributed by atoms with Crippen molar-refractivity contribution in [3.8, 4) is 0 Å². The molecule has 1 aromatic carbocycles. The Morgan fingerprint density at radius 1 is 1.38 bits per heavy atom. The van der Waals surface area contributed by atoms with Crippen molar-refractivity contribution >= 4 is 11.6 Å². The molecule has 0 saturated carbocycles. The third-order valence-corrected chi connectivity index (χ3v) is 4.24. The molecule has 2 aliphatic heterocycles. The first-order chi connectivity index (χ1) is 10.2. The molecule has 0 bridgehead atoms.